The van der Waals surface area contributed by atoms with Gasteiger partial charge in [0.2, 0.25) is 11.6 Å². The van der Waals surface area contributed by atoms with Gasteiger partial charge < -0.3 is 13.9 Å². The third-order valence-corrected chi connectivity index (χ3v) is 5.27. The molecule has 0 atom stereocenters. The van der Waals surface area contributed by atoms with Crippen LogP contribution in [0.4, 0.5) is 0 Å². The first-order valence-electron chi connectivity index (χ1n) is 9.10. The summed E-state index contributed by atoms with van der Waals surface area (Å²) in [6.45, 7) is 0.832. The third kappa shape index (κ3) is 3.72. The fourth-order valence-electron chi connectivity index (χ4n) is 2.97. The molecule has 0 N–H and O–H groups in total. The second-order valence-electron chi connectivity index (χ2n) is 6.35. The number of aromatic nitrogens is 1. The Bertz CT molecular complexity index is 1210. The molecular formula is C22H17N3O3S. The Hall–Kier alpha value is -3.58. The van der Waals surface area contributed by atoms with E-state index in [4.69, 9.17) is 18.9 Å². The largest absolute Gasteiger partial charge is 0.463 e. The molecule has 0 saturated heterocycles. The number of hydrogen-bond donors (Lipinski definition) is 0. The topological polar surface area (TPSA) is 61.2 Å². The maximum atomic E-state index is 5.58. The number of fused-ring (bicyclic) bond motifs is 1. The van der Waals surface area contributed by atoms with E-state index in [0.717, 1.165) is 38.9 Å². The number of benzene rings is 2. The van der Waals surface area contributed by atoms with E-state index in [0.29, 0.717) is 6.54 Å². The molecule has 2 aromatic heterocycles. The maximum Gasteiger partial charge on any atom is 0.231 e. The number of furan rings is 1. The molecule has 0 amide bonds. The molecule has 0 radical (unpaired) electrons. The van der Waals surface area contributed by atoms with E-state index in [1.165, 1.54) is 11.3 Å². The van der Waals surface area contributed by atoms with Crippen LogP contribution in [0, 0.1) is 0 Å². The highest BCUT2D eigenvalue weighted by atomic mass is 32.1. The number of ether oxygens (including phenoxy) is 2. The summed E-state index contributed by atoms with van der Waals surface area (Å²) < 4.78 is 18.2. The van der Waals surface area contributed by atoms with Gasteiger partial charge in [-0.3, -0.25) is 4.99 Å². The predicted octanol–water partition coefficient (Wildman–Crippen LogP) is 4.52. The molecule has 4 aromatic rings. The van der Waals surface area contributed by atoms with Crippen molar-refractivity contribution in [1.82, 2.24) is 4.68 Å². The summed E-state index contributed by atoms with van der Waals surface area (Å²) >= 11 is 1.53. The Kier molecular flexibility index (Phi) is 4.72. The van der Waals surface area contributed by atoms with Gasteiger partial charge in [-0.2, -0.15) is 5.10 Å². The first-order chi connectivity index (χ1) is 14.4. The number of nitrogens with zero attached hydrogens (tertiary/aromatic N) is 3. The van der Waals surface area contributed by atoms with Crippen molar-refractivity contribution in [3.63, 3.8) is 0 Å². The zero-order valence-electron chi connectivity index (χ0n) is 15.4. The summed E-state index contributed by atoms with van der Waals surface area (Å²) in [7, 11) is 0. The molecule has 0 bridgehead atoms. The summed E-state index contributed by atoms with van der Waals surface area (Å²) in [5.41, 5.74) is 2.91. The molecule has 144 valence electrons. The quantitative estimate of drug-likeness (QED) is 0.460. The lowest BCUT2D eigenvalue weighted by molar-refractivity contribution is 0.174. The van der Waals surface area contributed by atoms with Gasteiger partial charge in [0.15, 0.2) is 17.3 Å². The first-order valence-corrected chi connectivity index (χ1v) is 9.98. The molecule has 0 spiro atoms. The minimum atomic E-state index is 0.250. The number of rotatable bonds is 5. The molecule has 29 heavy (non-hydrogen) atoms. The van der Waals surface area contributed by atoms with Crippen LogP contribution >= 0.6 is 11.3 Å². The van der Waals surface area contributed by atoms with E-state index in [1.807, 2.05) is 53.9 Å². The van der Waals surface area contributed by atoms with Crippen LogP contribution in [0.15, 0.2) is 86.8 Å². The monoisotopic (exact) mass is 403 g/mol. The average Bonchev–Trinajstić information content (AvgIpc) is 3.51. The molecule has 0 fully saturated rings. The van der Waals surface area contributed by atoms with Gasteiger partial charge in [0.1, 0.15) is 5.69 Å². The smallest absolute Gasteiger partial charge is 0.231 e. The third-order valence-electron chi connectivity index (χ3n) is 4.42. The lowest BCUT2D eigenvalue weighted by Crippen LogP contribution is -2.12. The van der Waals surface area contributed by atoms with Gasteiger partial charge in [0.05, 0.1) is 19.0 Å². The van der Waals surface area contributed by atoms with Crippen LogP contribution in [-0.4, -0.2) is 17.7 Å². The van der Waals surface area contributed by atoms with Gasteiger partial charge in [-0.05, 0) is 41.5 Å². The van der Waals surface area contributed by atoms with E-state index in [9.17, 15) is 0 Å². The van der Waals surface area contributed by atoms with E-state index in [2.05, 4.69) is 17.2 Å². The van der Waals surface area contributed by atoms with Crippen molar-refractivity contribution in [2.24, 2.45) is 10.1 Å². The molecule has 2 aromatic carbocycles. The van der Waals surface area contributed by atoms with Crippen molar-refractivity contribution in [3.8, 4) is 23.0 Å². The van der Waals surface area contributed by atoms with Gasteiger partial charge in [0, 0.05) is 5.38 Å². The zero-order chi connectivity index (χ0) is 19.5. The summed E-state index contributed by atoms with van der Waals surface area (Å²) in [5.74, 6) is 2.22. The minimum absolute atomic E-state index is 0.250. The highest BCUT2D eigenvalue weighted by molar-refractivity contribution is 7.07. The Morgan fingerprint density at radius 2 is 1.90 bits per heavy atom. The van der Waals surface area contributed by atoms with Gasteiger partial charge in [-0.1, -0.05) is 30.3 Å². The van der Waals surface area contributed by atoms with Crippen LogP contribution in [-0.2, 0) is 6.54 Å². The molecule has 7 heteroatoms. The molecule has 1 aliphatic rings. The van der Waals surface area contributed by atoms with Crippen molar-refractivity contribution in [3.05, 3.63) is 88.2 Å². The molecule has 6 nitrogen and oxygen atoms in total. The van der Waals surface area contributed by atoms with Crippen LogP contribution in [0.2, 0.25) is 0 Å². The second kappa shape index (κ2) is 7.81. The minimum Gasteiger partial charge on any atom is -0.463 e. The maximum absolute atomic E-state index is 5.58. The van der Waals surface area contributed by atoms with E-state index >= 15 is 0 Å². The lowest BCUT2D eigenvalue weighted by atomic mass is 10.2. The van der Waals surface area contributed by atoms with Gasteiger partial charge in [-0.25, -0.2) is 4.68 Å². The molecular weight excluding hydrogens is 386 g/mol. The molecule has 5 rings (SSSR count). The molecule has 3 heterocycles. The van der Waals surface area contributed by atoms with Crippen LogP contribution in [0.5, 0.6) is 11.5 Å². The summed E-state index contributed by atoms with van der Waals surface area (Å²) in [4.78, 5) is 5.55. The number of hydrogen-bond acceptors (Lipinski definition) is 6. The number of thiazole rings is 1. The molecule has 0 aliphatic carbocycles. The first kappa shape index (κ1) is 17.5. The van der Waals surface area contributed by atoms with Crippen molar-refractivity contribution < 1.29 is 13.9 Å². The van der Waals surface area contributed by atoms with Crippen molar-refractivity contribution in [2.75, 3.05) is 6.79 Å². The Balaban J connectivity index is 1.52. The summed E-state index contributed by atoms with van der Waals surface area (Å²) in [5, 5.41) is 6.68. The van der Waals surface area contributed by atoms with Crippen LogP contribution in [0.3, 0.4) is 0 Å². The van der Waals surface area contributed by atoms with Crippen LogP contribution < -0.4 is 14.3 Å². The Morgan fingerprint density at radius 3 is 2.76 bits per heavy atom. The van der Waals surface area contributed by atoms with Gasteiger partial charge >= 0.3 is 0 Å². The fraction of sp³-hybridized carbons (Fsp3) is 0.0909. The van der Waals surface area contributed by atoms with E-state index in [1.54, 1.807) is 17.2 Å². The molecule has 0 unspecified atom stereocenters. The second-order valence-corrected chi connectivity index (χ2v) is 7.19. The average molecular weight is 403 g/mol. The van der Waals surface area contributed by atoms with Gasteiger partial charge in [0.25, 0.3) is 0 Å². The molecule has 1 aliphatic heterocycles. The SMILES string of the molecule is C(=Nn1c(-c2ccco2)csc1=NCc1ccccc1)c1ccc2c(c1)OCO2. The van der Waals surface area contributed by atoms with Crippen molar-refractivity contribution in [2.45, 2.75) is 6.54 Å². The standard InChI is InChI=1S/C22H17N3O3S/c1-2-5-16(6-3-1)12-23-22-25(18(14-29-22)19-7-4-10-26-19)24-13-17-8-9-20-21(11-17)28-15-27-20/h1-11,13-14H,12,15H2. The van der Waals surface area contributed by atoms with Crippen LogP contribution in [0.1, 0.15) is 11.1 Å². The predicted molar refractivity (Wildman–Crippen MR) is 111 cm³/mol. The van der Waals surface area contributed by atoms with Crippen LogP contribution in [0.25, 0.3) is 11.5 Å². The Labute approximate surface area is 171 Å². The van der Waals surface area contributed by atoms with E-state index < -0.39 is 0 Å². The van der Waals surface area contributed by atoms with Crippen molar-refractivity contribution >= 4 is 17.6 Å². The molecule has 0 saturated carbocycles. The lowest BCUT2D eigenvalue weighted by Gasteiger charge is -2.02. The summed E-state index contributed by atoms with van der Waals surface area (Å²) in [6, 6.07) is 19.7. The Morgan fingerprint density at radius 1 is 1.00 bits per heavy atom. The highest BCUT2D eigenvalue weighted by Gasteiger charge is 2.13. The van der Waals surface area contributed by atoms with E-state index in [-0.39, 0.29) is 6.79 Å². The summed E-state index contributed by atoms with van der Waals surface area (Å²) in [6.07, 6.45) is 3.43. The normalized spacial score (nSPS) is 13.4. The zero-order valence-corrected chi connectivity index (χ0v) is 16.2. The van der Waals surface area contributed by atoms with Gasteiger partial charge in [-0.15, -0.1) is 11.3 Å². The highest BCUT2D eigenvalue weighted by Crippen LogP contribution is 2.32. The van der Waals surface area contributed by atoms with Crippen molar-refractivity contribution in [1.29, 1.82) is 0 Å². The fourth-order valence-corrected chi connectivity index (χ4v) is 3.79.